The van der Waals surface area contributed by atoms with Crippen LogP contribution in [-0.4, -0.2) is 25.6 Å². The van der Waals surface area contributed by atoms with Crippen molar-refractivity contribution < 1.29 is 13.9 Å². The number of carbonyl (C=O) groups excluding carboxylic acids is 1. The van der Waals surface area contributed by atoms with E-state index in [1.807, 2.05) is 6.92 Å². The summed E-state index contributed by atoms with van der Waals surface area (Å²) in [5.74, 6) is 0.164. The van der Waals surface area contributed by atoms with Gasteiger partial charge >= 0.3 is 0 Å². The summed E-state index contributed by atoms with van der Waals surface area (Å²) >= 11 is 0. The van der Waals surface area contributed by atoms with Crippen molar-refractivity contribution in [2.45, 2.75) is 25.8 Å². The third-order valence-corrected chi connectivity index (χ3v) is 2.62. The van der Waals surface area contributed by atoms with Crippen LogP contribution in [0.2, 0.25) is 0 Å². The number of amides is 1. The second-order valence-electron chi connectivity index (χ2n) is 4.16. The number of ether oxygens (including phenoxy) is 1. The average molecular weight is 254 g/mol. The van der Waals surface area contributed by atoms with E-state index in [0.29, 0.717) is 24.3 Å². The Hall–Kier alpha value is -1.62. The molecule has 1 unspecified atom stereocenters. The van der Waals surface area contributed by atoms with Gasteiger partial charge in [0.25, 0.3) is 0 Å². The number of rotatable bonds is 6. The molecule has 0 radical (unpaired) electrons. The molecule has 0 saturated carbocycles. The van der Waals surface area contributed by atoms with E-state index in [2.05, 4.69) is 5.32 Å². The summed E-state index contributed by atoms with van der Waals surface area (Å²) in [6.07, 6.45) is 0.716. The zero-order valence-electron chi connectivity index (χ0n) is 10.7. The number of methoxy groups -OCH3 is 1. The number of aryl methyl sites for hydroxylation is 1. The van der Waals surface area contributed by atoms with Crippen LogP contribution in [0.3, 0.4) is 0 Å². The second-order valence-corrected chi connectivity index (χ2v) is 4.16. The lowest BCUT2D eigenvalue weighted by atomic mass is 10.1. The van der Waals surface area contributed by atoms with E-state index in [0.717, 1.165) is 0 Å². The van der Waals surface area contributed by atoms with Gasteiger partial charge < -0.3 is 15.8 Å². The maximum Gasteiger partial charge on any atom is 0.220 e. The number of hydrogen-bond acceptors (Lipinski definition) is 3. The molecule has 1 rings (SSSR count). The van der Waals surface area contributed by atoms with Crippen molar-refractivity contribution in [1.29, 1.82) is 0 Å². The highest BCUT2D eigenvalue weighted by Crippen LogP contribution is 2.20. The Morgan fingerprint density at radius 2 is 2.28 bits per heavy atom. The zero-order chi connectivity index (χ0) is 13.5. The summed E-state index contributed by atoms with van der Waals surface area (Å²) in [7, 11) is 1.52. The Labute approximate surface area is 106 Å². The van der Waals surface area contributed by atoms with Gasteiger partial charge in [0.1, 0.15) is 11.6 Å². The number of halogens is 1. The quantitative estimate of drug-likeness (QED) is 0.802. The summed E-state index contributed by atoms with van der Waals surface area (Å²) in [5, 5.41) is 2.75. The summed E-state index contributed by atoms with van der Waals surface area (Å²) in [5.41, 5.74) is 6.10. The van der Waals surface area contributed by atoms with Crippen LogP contribution in [0.25, 0.3) is 0 Å². The summed E-state index contributed by atoms with van der Waals surface area (Å²) in [6.45, 7) is 2.23. The fourth-order valence-corrected chi connectivity index (χ4v) is 1.60. The van der Waals surface area contributed by atoms with Crippen molar-refractivity contribution in [1.82, 2.24) is 5.32 Å². The monoisotopic (exact) mass is 254 g/mol. The molecule has 1 aromatic carbocycles. The van der Waals surface area contributed by atoms with Crippen molar-refractivity contribution >= 4 is 5.91 Å². The molecule has 0 aliphatic carbocycles. The second kappa shape index (κ2) is 6.96. The van der Waals surface area contributed by atoms with E-state index in [9.17, 15) is 9.18 Å². The van der Waals surface area contributed by atoms with Gasteiger partial charge in [0.2, 0.25) is 5.91 Å². The zero-order valence-corrected chi connectivity index (χ0v) is 10.7. The van der Waals surface area contributed by atoms with E-state index in [-0.39, 0.29) is 24.2 Å². The van der Waals surface area contributed by atoms with Crippen molar-refractivity contribution in [3.63, 3.8) is 0 Å². The SMILES string of the molecule is COc1ccc(F)cc1CCC(=O)NC(C)CN. The van der Waals surface area contributed by atoms with Crippen molar-refractivity contribution in [2.75, 3.05) is 13.7 Å². The van der Waals surface area contributed by atoms with Crippen LogP contribution >= 0.6 is 0 Å². The number of hydrogen-bond donors (Lipinski definition) is 2. The number of carbonyl (C=O) groups is 1. The van der Waals surface area contributed by atoms with E-state index < -0.39 is 0 Å². The highest BCUT2D eigenvalue weighted by atomic mass is 19.1. The normalized spacial score (nSPS) is 12.0. The first kappa shape index (κ1) is 14.4. The van der Waals surface area contributed by atoms with Gasteiger partial charge in [0, 0.05) is 19.0 Å². The minimum absolute atomic E-state index is 0.0492. The van der Waals surface area contributed by atoms with Gasteiger partial charge in [-0.25, -0.2) is 4.39 Å². The molecule has 1 atom stereocenters. The molecule has 18 heavy (non-hydrogen) atoms. The third kappa shape index (κ3) is 4.33. The maximum atomic E-state index is 13.1. The molecule has 5 heteroatoms. The molecule has 0 aromatic heterocycles. The van der Waals surface area contributed by atoms with E-state index in [1.165, 1.54) is 19.2 Å². The third-order valence-electron chi connectivity index (χ3n) is 2.62. The van der Waals surface area contributed by atoms with Gasteiger partial charge in [-0.15, -0.1) is 0 Å². The lowest BCUT2D eigenvalue weighted by molar-refractivity contribution is -0.121. The molecule has 1 aromatic rings. The largest absolute Gasteiger partial charge is 0.496 e. The van der Waals surface area contributed by atoms with Gasteiger partial charge in [-0.2, -0.15) is 0 Å². The van der Waals surface area contributed by atoms with Gasteiger partial charge in [0.05, 0.1) is 7.11 Å². The van der Waals surface area contributed by atoms with E-state index in [1.54, 1.807) is 6.07 Å². The average Bonchev–Trinajstić information content (AvgIpc) is 2.36. The van der Waals surface area contributed by atoms with Crippen LogP contribution in [0, 0.1) is 5.82 Å². The topological polar surface area (TPSA) is 64.3 Å². The summed E-state index contributed by atoms with van der Waals surface area (Å²) < 4.78 is 18.2. The Kier molecular flexibility index (Phi) is 5.58. The predicted octanol–water partition coefficient (Wildman–Crippen LogP) is 1.23. The molecule has 0 heterocycles. The molecular weight excluding hydrogens is 235 g/mol. The van der Waals surface area contributed by atoms with Crippen molar-refractivity contribution in [3.8, 4) is 5.75 Å². The number of nitrogens with one attached hydrogen (secondary N) is 1. The van der Waals surface area contributed by atoms with Gasteiger partial charge in [-0.05, 0) is 37.1 Å². The predicted molar refractivity (Wildman–Crippen MR) is 67.9 cm³/mol. The molecule has 0 aliphatic rings. The van der Waals surface area contributed by atoms with Gasteiger partial charge in [0.15, 0.2) is 0 Å². The molecule has 0 saturated heterocycles. The molecule has 1 amide bonds. The maximum absolute atomic E-state index is 13.1. The van der Waals surface area contributed by atoms with Crippen LogP contribution in [0.15, 0.2) is 18.2 Å². The van der Waals surface area contributed by atoms with Crippen LogP contribution < -0.4 is 15.8 Å². The first-order valence-electron chi connectivity index (χ1n) is 5.88. The first-order chi connectivity index (χ1) is 8.56. The minimum Gasteiger partial charge on any atom is -0.496 e. The molecule has 0 aliphatic heterocycles. The Bertz CT molecular complexity index is 410. The minimum atomic E-state index is -0.332. The first-order valence-corrected chi connectivity index (χ1v) is 5.88. The molecule has 100 valence electrons. The Morgan fingerprint density at radius 3 is 2.89 bits per heavy atom. The molecule has 0 spiro atoms. The lowest BCUT2D eigenvalue weighted by Crippen LogP contribution is -2.37. The Morgan fingerprint density at radius 1 is 1.56 bits per heavy atom. The molecule has 4 nitrogen and oxygen atoms in total. The number of benzene rings is 1. The molecule has 0 fully saturated rings. The number of nitrogens with two attached hydrogens (primary N) is 1. The van der Waals surface area contributed by atoms with Crippen LogP contribution in [0.4, 0.5) is 4.39 Å². The molecule has 0 bridgehead atoms. The van der Waals surface area contributed by atoms with Crippen molar-refractivity contribution in [3.05, 3.63) is 29.6 Å². The Balaban J connectivity index is 2.57. The lowest BCUT2D eigenvalue weighted by Gasteiger charge is -2.12. The summed E-state index contributed by atoms with van der Waals surface area (Å²) in [6, 6.07) is 4.23. The van der Waals surface area contributed by atoms with Crippen LogP contribution in [-0.2, 0) is 11.2 Å². The highest BCUT2D eigenvalue weighted by molar-refractivity contribution is 5.76. The van der Waals surface area contributed by atoms with E-state index >= 15 is 0 Å². The molecule has 3 N–H and O–H groups in total. The standard InChI is InChI=1S/C13H19FN2O2/c1-9(8-15)16-13(17)6-3-10-7-11(14)4-5-12(10)18-2/h4-5,7,9H,3,6,8,15H2,1-2H3,(H,16,17). The highest BCUT2D eigenvalue weighted by Gasteiger charge is 2.09. The smallest absolute Gasteiger partial charge is 0.220 e. The van der Waals surface area contributed by atoms with Crippen molar-refractivity contribution in [2.24, 2.45) is 5.73 Å². The fourth-order valence-electron chi connectivity index (χ4n) is 1.60. The molecular formula is C13H19FN2O2. The fraction of sp³-hybridized carbons (Fsp3) is 0.462. The summed E-state index contributed by atoms with van der Waals surface area (Å²) in [4.78, 5) is 11.6. The van der Waals surface area contributed by atoms with Gasteiger partial charge in [-0.3, -0.25) is 4.79 Å². The van der Waals surface area contributed by atoms with Crippen LogP contribution in [0.5, 0.6) is 5.75 Å². The van der Waals surface area contributed by atoms with Crippen LogP contribution in [0.1, 0.15) is 18.9 Å². The van der Waals surface area contributed by atoms with E-state index in [4.69, 9.17) is 10.5 Å². The van der Waals surface area contributed by atoms with Gasteiger partial charge in [-0.1, -0.05) is 0 Å².